The van der Waals surface area contributed by atoms with Gasteiger partial charge < -0.3 is 24.8 Å². The molecule has 11 nitrogen and oxygen atoms in total. The Hall–Kier alpha value is -2.86. The van der Waals surface area contributed by atoms with Crippen LogP contribution in [0, 0.1) is 0 Å². The lowest BCUT2D eigenvalue weighted by Gasteiger charge is -2.13. The van der Waals surface area contributed by atoms with Gasteiger partial charge in [0.2, 0.25) is 5.82 Å². The summed E-state index contributed by atoms with van der Waals surface area (Å²) < 4.78 is 11.5. The van der Waals surface area contributed by atoms with Crippen LogP contribution < -0.4 is 10.2 Å². The van der Waals surface area contributed by atoms with Crippen LogP contribution in [0.3, 0.4) is 0 Å². The van der Waals surface area contributed by atoms with Gasteiger partial charge >= 0.3 is 5.91 Å². The minimum absolute atomic E-state index is 0.195. The lowest BCUT2D eigenvalue weighted by atomic mass is 10.1. The van der Waals surface area contributed by atoms with Crippen LogP contribution >= 0.6 is 0 Å². The van der Waals surface area contributed by atoms with E-state index in [0.717, 1.165) is 10.2 Å². The summed E-state index contributed by atoms with van der Waals surface area (Å²) in [6, 6.07) is 7.05. The number of hydrogen-bond acceptors (Lipinski definition) is 9. The van der Waals surface area contributed by atoms with Gasteiger partial charge in [-0.15, -0.1) is 5.10 Å². The zero-order valence-corrected chi connectivity index (χ0v) is 14.3. The van der Waals surface area contributed by atoms with Gasteiger partial charge in [-0.25, -0.2) is 15.1 Å². The van der Waals surface area contributed by atoms with Crippen LogP contribution in [0.2, 0.25) is 0 Å². The van der Waals surface area contributed by atoms with E-state index in [9.17, 15) is 15.0 Å². The number of amides is 1. The van der Waals surface area contributed by atoms with E-state index in [4.69, 9.17) is 14.6 Å². The van der Waals surface area contributed by atoms with Crippen LogP contribution in [0.15, 0.2) is 35.7 Å². The fraction of sp³-hybridized carbons (Fsp3) is 0.375. The van der Waals surface area contributed by atoms with Crippen molar-refractivity contribution in [2.45, 2.75) is 24.5 Å². The summed E-state index contributed by atoms with van der Waals surface area (Å²) in [4.78, 5) is 15.9. The Labute approximate surface area is 153 Å². The zero-order valence-electron chi connectivity index (χ0n) is 14.3. The largest absolute Gasteiger partial charge is 0.497 e. The van der Waals surface area contributed by atoms with Gasteiger partial charge in [0.15, 0.2) is 6.23 Å². The molecule has 0 aliphatic carbocycles. The van der Waals surface area contributed by atoms with Crippen LogP contribution in [-0.2, 0) is 4.74 Å². The van der Waals surface area contributed by atoms with E-state index in [2.05, 4.69) is 20.6 Å². The van der Waals surface area contributed by atoms with Gasteiger partial charge in [0.05, 0.1) is 19.9 Å². The van der Waals surface area contributed by atoms with Crippen molar-refractivity contribution < 1.29 is 29.6 Å². The van der Waals surface area contributed by atoms with E-state index in [1.165, 1.54) is 12.5 Å². The van der Waals surface area contributed by atoms with Gasteiger partial charge in [-0.2, -0.15) is 5.10 Å². The van der Waals surface area contributed by atoms with E-state index >= 15 is 0 Å². The first-order valence-corrected chi connectivity index (χ1v) is 8.04. The maximum Gasteiger partial charge on any atom is 0.310 e. The molecule has 1 fully saturated rings. The van der Waals surface area contributed by atoms with Crippen LogP contribution in [0.25, 0.3) is 0 Å². The molecule has 0 spiro atoms. The number of nitrogens with one attached hydrogen (secondary N) is 1. The third-order valence-electron chi connectivity index (χ3n) is 3.99. The summed E-state index contributed by atoms with van der Waals surface area (Å²) in [7, 11) is 1.57. The van der Waals surface area contributed by atoms with Gasteiger partial charge in [0.25, 0.3) is 0 Å². The van der Waals surface area contributed by atoms with E-state index < -0.39 is 37.1 Å². The number of carbonyl (C=O) groups is 1. The molecule has 1 amide bonds. The van der Waals surface area contributed by atoms with Crippen LogP contribution in [0.4, 0.5) is 0 Å². The standard InChI is InChI=1S/C16H19N5O6/c1-26-10-4-2-9(3-5-10)6-18-19-15(25)14-17-8-21(20-14)16-13(24)12(23)11(7-22)27-16/h2-6,8,11-13,16,22-24H,7H2,1H3,(H,19,25)/b18-6-/t11-,12-,13-,16-/m1/s1. The van der Waals surface area contributed by atoms with E-state index in [1.807, 2.05) is 0 Å². The monoisotopic (exact) mass is 377 g/mol. The highest BCUT2D eigenvalue weighted by atomic mass is 16.6. The number of benzene rings is 1. The molecule has 144 valence electrons. The normalized spacial score (nSPS) is 25.0. The van der Waals surface area contributed by atoms with E-state index in [0.29, 0.717) is 5.75 Å². The first-order chi connectivity index (χ1) is 13.0. The third kappa shape index (κ3) is 4.11. The lowest BCUT2D eigenvalue weighted by molar-refractivity contribution is -0.0588. The molecule has 0 radical (unpaired) electrons. The number of hydrogen-bond donors (Lipinski definition) is 4. The molecule has 1 saturated heterocycles. The van der Waals surface area contributed by atoms with Gasteiger partial charge in [-0.1, -0.05) is 0 Å². The Kier molecular flexibility index (Phi) is 5.76. The molecule has 2 heterocycles. The lowest BCUT2D eigenvalue weighted by Crippen LogP contribution is -2.33. The average Bonchev–Trinajstić information content (AvgIpc) is 3.28. The summed E-state index contributed by atoms with van der Waals surface area (Å²) in [5, 5.41) is 36.6. The quantitative estimate of drug-likeness (QED) is 0.357. The molecule has 1 aromatic carbocycles. The third-order valence-corrected chi connectivity index (χ3v) is 3.99. The molecular weight excluding hydrogens is 358 g/mol. The first-order valence-electron chi connectivity index (χ1n) is 8.04. The van der Waals surface area contributed by atoms with Crippen LogP contribution in [0.1, 0.15) is 22.4 Å². The molecule has 1 aliphatic rings. The SMILES string of the molecule is COc1ccc(/C=N\NC(=O)c2ncn([C@@H]3O[C@H](CO)[C@@H](O)[C@H]3O)n2)cc1. The number of methoxy groups -OCH3 is 1. The highest BCUT2D eigenvalue weighted by Crippen LogP contribution is 2.28. The average molecular weight is 377 g/mol. The minimum Gasteiger partial charge on any atom is -0.497 e. The van der Waals surface area contributed by atoms with Crippen molar-refractivity contribution in [3.63, 3.8) is 0 Å². The van der Waals surface area contributed by atoms with Crippen molar-refractivity contribution in [2.75, 3.05) is 13.7 Å². The minimum atomic E-state index is -1.31. The Morgan fingerprint density at radius 1 is 1.37 bits per heavy atom. The van der Waals surface area contributed by atoms with Crippen molar-refractivity contribution in [3.05, 3.63) is 42.0 Å². The second kappa shape index (κ2) is 8.22. The fourth-order valence-electron chi connectivity index (χ4n) is 2.51. The van der Waals surface area contributed by atoms with E-state index in [1.54, 1.807) is 31.4 Å². The molecule has 4 N–H and O–H groups in total. The molecule has 0 unspecified atom stereocenters. The molecule has 0 bridgehead atoms. The molecule has 1 aliphatic heterocycles. The number of nitrogens with zero attached hydrogens (tertiary/aromatic N) is 4. The summed E-state index contributed by atoms with van der Waals surface area (Å²) in [6.45, 7) is -0.461. The molecule has 2 aromatic rings. The van der Waals surface area contributed by atoms with Crippen LogP contribution in [0.5, 0.6) is 5.75 Å². The second-order valence-electron chi connectivity index (χ2n) is 5.75. The predicted molar refractivity (Wildman–Crippen MR) is 91.1 cm³/mol. The van der Waals surface area contributed by atoms with Crippen molar-refractivity contribution in [1.29, 1.82) is 0 Å². The van der Waals surface area contributed by atoms with Crippen LogP contribution in [-0.4, -0.2) is 74.2 Å². The maximum atomic E-state index is 12.1. The Morgan fingerprint density at radius 2 is 2.11 bits per heavy atom. The molecule has 27 heavy (non-hydrogen) atoms. The Balaban J connectivity index is 1.60. The number of aliphatic hydroxyl groups excluding tert-OH is 3. The number of aliphatic hydroxyl groups is 3. The van der Waals surface area contributed by atoms with E-state index in [-0.39, 0.29) is 5.82 Å². The predicted octanol–water partition coefficient (Wildman–Crippen LogP) is -1.34. The highest BCUT2D eigenvalue weighted by Gasteiger charge is 2.44. The smallest absolute Gasteiger partial charge is 0.310 e. The number of rotatable bonds is 6. The van der Waals surface area contributed by atoms with Crippen molar-refractivity contribution >= 4 is 12.1 Å². The van der Waals surface area contributed by atoms with Gasteiger partial charge in [-0.05, 0) is 29.8 Å². The molecule has 1 aromatic heterocycles. The molecule has 4 atom stereocenters. The van der Waals surface area contributed by atoms with Crippen molar-refractivity contribution in [3.8, 4) is 5.75 Å². The maximum absolute atomic E-state index is 12.1. The second-order valence-corrected chi connectivity index (χ2v) is 5.75. The summed E-state index contributed by atoms with van der Waals surface area (Å²) in [6.07, 6.45) is -1.96. The number of hydrazone groups is 1. The number of aromatic nitrogens is 3. The molecule has 3 rings (SSSR count). The van der Waals surface area contributed by atoms with Crippen molar-refractivity contribution in [1.82, 2.24) is 20.2 Å². The summed E-state index contributed by atoms with van der Waals surface area (Å²) in [5.41, 5.74) is 3.04. The number of carbonyl (C=O) groups excluding carboxylic acids is 1. The fourth-order valence-corrected chi connectivity index (χ4v) is 2.51. The van der Waals surface area contributed by atoms with Crippen molar-refractivity contribution in [2.24, 2.45) is 5.10 Å². The molecular formula is C16H19N5O6. The Morgan fingerprint density at radius 3 is 2.74 bits per heavy atom. The molecule has 11 heteroatoms. The summed E-state index contributed by atoms with van der Waals surface area (Å²) in [5.74, 6) is -0.152. The summed E-state index contributed by atoms with van der Waals surface area (Å²) >= 11 is 0. The van der Waals surface area contributed by atoms with Gasteiger partial charge in [0, 0.05) is 0 Å². The highest BCUT2D eigenvalue weighted by molar-refractivity contribution is 5.91. The molecule has 0 saturated carbocycles. The first kappa shape index (κ1) is 18.9. The number of ether oxygens (including phenoxy) is 2. The van der Waals surface area contributed by atoms with Gasteiger partial charge in [0.1, 0.15) is 30.4 Å². The zero-order chi connectivity index (χ0) is 19.4. The topological polar surface area (TPSA) is 151 Å². The van der Waals surface area contributed by atoms with Gasteiger partial charge in [-0.3, -0.25) is 4.79 Å². The Bertz CT molecular complexity index is 808.